The van der Waals surface area contributed by atoms with Crippen LogP contribution < -0.4 is 14.8 Å². The zero-order valence-corrected chi connectivity index (χ0v) is 13.9. The largest absolute Gasteiger partial charge is 0.454 e. The van der Waals surface area contributed by atoms with Crippen molar-refractivity contribution in [3.05, 3.63) is 60.2 Å². The third-order valence-corrected chi connectivity index (χ3v) is 4.98. The second-order valence-corrected chi connectivity index (χ2v) is 6.47. The number of benzene rings is 2. The number of anilines is 2. The minimum absolute atomic E-state index is 0.263. The Morgan fingerprint density at radius 2 is 1.84 bits per heavy atom. The Morgan fingerprint density at radius 1 is 0.960 bits per heavy atom. The molecule has 0 spiro atoms. The first-order valence-electron chi connectivity index (χ1n) is 7.83. The van der Waals surface area contributed by atoms with E-state index >= 15 is 0 Å². The predicted octanol–water partition coefficient (Wildman–Crippen LogP) is 4.83. The van der Waals surface area contributed by atoms with Crippen molar-refractivity contribution in [3.8, 4) is 22.6 Å². The lowest BCUT2D eigenvalue weighted by Gasteiger charge is -2.09. The first kappa shape index (κ1) is 14.2. The molecule has 0 bridgehead atoms. The van der Waals surface area contributed by atoms with Gasteiger partial charge < -0.3 is 14.8 Å². The summed E-state index contributed by atoms with van der Waals surface area (Å²) in [5.41, 5.74) is 3.18. The number of nitrogens with zero attached hydrogens (tertiary/aromatic N) is 2. The quantitative estimate of drug-likeness (QED) is 0.575. The molecule has 2 aromatic carbocycles. The highest BCUT2D eigenvalue weighted by atomic mass is 32.1. The summed E-state index contributed by atoms with van der Waals surface area (Å²) in [7, 11) is 0. The smallest absolute Gasteiger partial charge is 0.231 e. The molecule has 5 nitrogen and oxygen atoms in total. The predicted molar refractivity (Wildman–Crippen MR) is 98.7 cm³/mol. The molecule has 1 aliphatic heterocycles. The molecule has 0 unspecified atom stereocenters. The van der Waals surface area contributed by atoms with Crippen LogP contribution in [0.5, 0.6) is 11.5 Å². The minimum Gasteiger partial charge on any atom is -0.454 e. The highest BCUT2D eigenvalue weighted by Gasteiger charge is 2.16. The molecule has 2 aromatic heterocycles. The summed E-state index contributed by atoms with van der Waals surface area (Å²) in [6.07, 6.45) is 1.59. The number of aromatic nitrogens is 2. The van der Waals surface area contributed by atoms with Crippen molar-refractivity contribution in [1.29, 1.82) is 0 Å². The minimum atomic E-state index is 0.263. The Hall–Kier alpha value is -3.12. The summed E-state index contributed by atoms with van der Waals surface area (Å²) >= 11 is 1.62. The van der Waals surface area contributed by atoms with Crippen molar-refractivity contribution in [2.45, 2.75) is 0 Å². The number of thiophene rings is 1. The maximum absolute atomic E-state index is 5.45. The van der Waals surface area contributed by atoms with Gasteiger partial charge in [-0.05, 0) is 17.7 Å². The van der Waals surface area contributed by atoms with Gasteiger partial charge in [-0.2, -0.15) is 0 Å². The molecule has 0 saturated carbocycles. The number of hydrogen-bond acceptors (Lipinski definition) is 6. The molecule has 6 heteroatoms. The number of nitrogens with one attached hydrogen (secondary N) is 1. The molecule has 0 radical (unpaired) electrons. The van der Waals surface area contributed by atoms with Crippen LogP contribution >= 0.6 is 11.3 Å². The molecule has 122 valence electrons. The van der Waals surface area contributed by atoms with Gasteiger partial charge in [-0.25, -0.2) is 9.97 Å². The normalized spacial score (nSPS) is 12.5. The molecular weight excluding hydrogens is 334 g/mol. The number of ether oxygens (including phenoxy) is 2. The number of fused-ring (bicyclic) bond motifs is 2. The molecule has 5 rings (SSSR count). The van der Waals surface area contributed by atoms with Gasteiger partial charge >= 0.3 is 0 Å². The lowest BCUT2D eigenvalue weighted by molar-refractivity contribution is 0.174. The molecule has 0 atom stereocenters. The van der Waals surface area contributed by atoms with Crippen LogP contribution in [-0.4, -0.2) is 16.8 Å². The molecule has 0 amide bonds. The van der Waals surface area contributed by atoms with Gasteiger partial charge in [-0.3, -0.25) is 0 Å². The fourth-order valence-corrected chi connectivity index (χ4v) is 3.83. The van der Waals surface area contributed by atoms with Gasteiger partial charge in [0.2, 0.25) is 6.79 Å². The van der Waals surface area contributed by atoms with E-state index in [4.69, 9.17) is 9.47 Å². The maximum Gasteiger partial charge on any atom is 0.231 e. The topological polar surface area (TPSA) is 56.3 Å². The average molecular weight is 347 g/mol. The third-order valence-electron chi connectivity index (χ3n) is 4.09. The van der Waals surface area contributed by atoms with E-state index in [9.17, 15) is 0 Å². The summed E-state index contributed by atoms with van der Waals surface area (Å²) in [6.45, 7) is 0.263. The van der Waals surface area contributed by atoms with E-state index in [-0.39, 0.29) is 6.79 Å². The summed E-state index contributed by atoms with van der Waals surface area (Å²) in [4.78, 5) is 9.83. The second-order valence-electron chi connectivity index (χ2n) is 5.61. The maximum atomic E-state index is 5.45. The van der Waals surface area contributed by atoms with Gasteiger partial charge in [-0.1, -0.05) is 30.3 Å². The van der Waals surface area contributed by atoms with Crippen molar-refractivity contribution in [2.75, 3.05) is 12.1 Å². The first-order valence-corrected chi connectivity index (χ1v) is 8.71. The first-order chi connectivity index (χ1) is 12.4. The van der Waals surface area contributed by atoms with E-state index in [1.807, 2.05) is 36.4 Å². The Labute approximate surface area is 147 Å². The number of hydrogen-bond donors (Lipinski definition) is 1. The summed E-state index contributed by atoms with van der Waals surface area (Å²) in [6, 6.07) is 16.1. The molecule has 1 aliphatic rings. The highest BCUT2D eigenvalue weighted by molar-refractivity contribution is 7.17. The Balaban J connectivity index is 1.60. The number of rotatable bonds is 3. The van der Waals surface area contributed by atoms with Crippen molar-refractivity contribution in [1.82, 2.24) is 9.97 Å². The molecule has 0 fully saturated rings. The molecule has 25 heavy (non-hydrogen) atoms. The van der Waals surface area contributed by atoms with E-state index in [0.717, 1.165) is 44.3 Å². The van der Waals surface area contributed by atoms with Crippen molar-refractivity contribution < 1.29 is 9.47 Å². The Morgan fingerprint density at radius 3 is 2.76 bits per heavy atom. The van der Waals surface area contributed by atoms with E-state index in [0.29, 0.717) is 0 Å². The summed E-state index contributed by atoms with van der Waals surface area (Å²) in [5, 5.41) is 6.54. The lowest BCUT2D eigenvalue weighted by atomic mass is 10.1. The fraction of sp³-hybridized carbons (Fsp3) is 0.0526. The average Bonchev–Trinajstić information content (AvgIpc) is 3.29. The van der Waals surface area contributed by atoms with Crippen LogP contribution in [0.2, 0.25) is 0 Å². The highest BCUT2D eigenvalue weighted by Crippen LogP contribution is 2.39. The molecule has 4 aromatic rings. The van der Waals surface area contributed by atoms with Gasteiger partial charge in [-0.15, -0.1) is 11.3 Å². The zero-order valence-electron chi connectivity index (χ0n) is 13.1. The van der Waals surface area contributed by atoms with Crippen molar-refractivity contribution >= 4 is 33.1 Å². The standard InChI is InChI=1S/C19H13N3O2S/c1-2-4-12(5-3-1)14-9-25-19-17(14)18(20-10-21-19)22-13-6-7-15-16(8-13)24-11-23-15/h1-10H,11H2,(H,20,21,22). The van der Waals surface area contributed by atoms with Gasteiger partial charge in [0.25, 0.3) is 0 Å². The van der Waals surface area contributed by atoms with E-state index < -0.39 is 0 Å². The van der Waals surface area contributed by atoms with E-state index in [1.165, 1.54) is 0 Å². The Bertz CT molecular complexity index is 1060. The molecule has 3 heterocycles. The van der Waals surface area contributed by atoms with Crippen LogP contribution in [0.15, 0.2) is 60.2 Å². The van der Waals surface area contributed by atoms with Crippen LogP contribution in [-0.2, 0) is 0 Å². The van der Waals surface area contributed by atoms with Crippen molar-refractivity contribution in [2.24, 2.45) is 0 Å². The second kappa shape index (κ2) is 5.75. The van der Waals surface area contributed by atoms with Gasteiger partial charge in [0.15, 0.2) is 11.5 Å². The van der Waals surface area contributed by atoms with Crippen LogP contribution in [0.25, 0.3) is 21.3 Å². The molecule has 0 saturated heterocycles. The summed E-state index contributed by atoms with van der Waals surface area (Å²) in [5.74, 6) is 2.28. The van der Waals surface area contributed by atoms with Crippen LogP contribution in [0.4, 0.5) is 11.5 Å². The zero-order chi connectivity index (χ0) is 16.6. The van der Waals surface area contributed by atoms with Gasteiger partial charge in [0.1, 0.15) is 17.0 Å². The Kier molecular flexibility index (Phi) is 3.28. The van der Waals surface area contributed by atoms with Crippen LogP contribution in [0.1, 0.15) is 0 Å². The molecule has 0 aliphatic carbocycles. The third kappa shape index (κ3) is 2.47. The van der Waals surface area contributed by atoms with E-state index in [2.05, 4.69) is 32.8 Å². The fourth-order valence-electron chi connectivity index (χ4n) is 2.91. The van der Waals surface area contributed by atoms with Gasteiger partial charge in [0, 0.05) is 22.7 Å². The molecule has 1 N–H and O–H groups in total. The van der Waals surface area contributed by atoms with Crippen molar-refractivity contribution in [3.63, 3.8) is 0 Å². The van der Waals surface area contributed by atoms with Gasteiger partial charge in [0.05, 0.1) is 5.39 Å². The van der Waals surface area contributed by atoms with E-state index in [1.54, 1.807) is 17.7 Å². The SMILES string of the molecule is c1ccc(-c2csc3ncnc(Nc4ccc5c(c4)OCO5)c23)cc1. The van der Waals surface area contributed by atoms with Crippen LogP contribution in [0, 0.1) is 0 Å². The molecular formula is C19H13N3O2S. The lowest BCUT2D eigenvalue weighted by Crippen LogP contribution is -1.95. The summed E-state index contributed by atoms with van der Waals surface area (Å²) < 4.78 is 10.8. The monoisotopic (exact) mass is 347 g/mol. The van der Waals surface area contributed by atoms with Crippen LogP contribution in [0.3, 0.4) is 0 Å².